The minimum Gasteiger partial charge on any atom is -0.497 e. The van der Waals surface area contributed by atoms with Crippen LogP contribution in [0.3, 0.4) is 0 Å². The molecular weight excluding hydrogens is 414 g/mol. The summed E-state index contributed by atoms with van der Waals surface area (Å²) in [6.07, 6.45) is 5.20. The second-order valence-electron chi connectivity index (χ2n) is 7.60. The molecule has 2 aromatic carbocycles. The molecule has 4 rings (SSSR count). The fraction of sp³-hybridized carbons (Fsp3) is 0.348. The van der Waals surface area contributed by atoms with Gasteiger partial charge >= 0.3 is 0 Å². The van der Waals surface area contributed by atoms with Gasteiger partial charge in [0.15, 0.2) is 5.69 Å². The number of amides is 1. The van der Waals surface area contributed by atoms with Crippen molar-refractivity contribution in [2.75, 3.05) is 26.7 Å². The number of likely N-dealkylation sites (tertiary alicyclic amines) is 1. The molecule has 8 heteroatoms. The summed E-state index contributed by atoms with van der Waals surface area (Å²) in [7, 11) is 1.66. The highest BCUT2D eigenvalue weighted by Gasteiger charge is 2.24. The molecule has 1 unspecified atom stereocenters. The Morgan fingerprint density at radius 2 is 1.87 bits per heavy atom. The van der Waals surface area contributed by atoms with Gasteiger partial charge in [0.25, 0.3) is 5.91 Å². The van der Waals surface area contributed by atoms with Crippen molar-refractivity contribution in [3.63, 3.8) is 0 Å². The lowest BCUT2D eigenvalue weighted by Crippen LogP contribution is -2.40. The van der Waals surface area contributed by atoms with E-state index >= 15 is 0 Å². The van der Waals surface area contributed by atoms with Crippen molar-refractivity contribution in [2.24, 2.45) is 0 Å². The molecule has 31 heavy (non-hydrogen) atoms. The van der Waals surface area contributed by atoms with Gasteiger partial charge in [0.05, 0.1) is 30.1 Å². The maximum atomic E-state index is 12.8. The molecule has 1 saturated heterocycles. The van der Waals surface area contributed by atoms with E-state index in [9.17, 15) is 4.79 Å². The molecule has 1 fully saturated rings. The van der Waals surface area contributed by atoms with Gasteiger partial charge in [-0.1, -0.05) is 47.5 Å². The van der Waals surface area contributed by atoms with Gasteiger partial charge in [-0.15, -0.1) is 5.10 Å². The molecule has 1 aliphatic heterocycles. The minimum atomic E-state index is -0.256. The molecule has 2 heterocycles. The largest absolute Gasteiger partial charge is 0.497 e. The van der Waals surface area contributed by atoms with Crippen molar-refractivity contribution in [2.45, 2.75) is 25.3 Å². The van der Waals surface area contributed by atoms with Crippen molar-refractivity contribution >= 4 is 17.5 Å². The Kier molecular flexibility index (Phi) is 6.84. The molecule has 0 saturated carbocycles. The predicted molar refractivity (Wildman–Crippen MR) is 120 cm³/mol. The minimum absolute atomic E-state index is 0.0915. The first-order valence-electron chi connectivity index (χ1n) is 10.5. The van der Waals surface area contributed by atoms with Crippen LogP contribution in [0.1, 0.15) is 41.4 Å². The zero-order valence-corrected chi connectivity index (χ0v) is 18.3. The van der Waals surface area contributed by atoms with Gasteiger partial charge in [-0.3, -0.25) is 9.69 Å². The molecule has 162 valence electrons. The number of nitrogens with zero attached hydrogens (tertiary/aromatic N) is 4. The Balaban J connectivity index is 1.47. The summed E-state index contributed by atoms with van der Waals surface area (Å²) in [4.78, 5) is 15.2. The predicted octanol–water partition coefficient (Wildman–Crippen LogP) is 3.89. The van der Waals surface area contributed by atoms with Crippen LogP contribution in [0, 0.1) is 0 Å². The lowest BCUT2D eigenvalue weighted by molar-refractivity contribution is 0.0919. The third kappa shape index (κ3) is 5.06. The summed E-state index contributed by atoms with van der Waals surface area (Å²) in [6, 6.07) is 15.5. The SMILES string of the molecule is COc1ccc(C(CNC(=O)c2cn(-c3ccccc3Cl)nn2)N2CCCCC2)cc1. The van der Waals surface area contributed by atoms with Gasteiger partial charge in [-0.05, 0) is 55.8 Å². The van der Waals surface area contributed by atoms with Crippen LogP contribution in [0.5, 0.6) is 5.75 Å². The van der Waals surface area contributed by atoms with Crippen LogP contribution in [-0.2, 0) is 0 Å². The van der Waals surface area contributed by atoms with E-state index in [0.717, 1.165) is 24.4 Å². The first kappa shape index (κ1) is 21.3. The van der Waals surface area contributed by atoms with Gasteiger partial charge in [0.1, 0.15) is 5.75 Å². The van der Waals surface area contributed by atoms with Crippen LogP contribution >= 0.6 is 11.6 Å². The van der Waals surface area contributed by atoms with E-state index in [-0.39, 0.29) is 17.6 Å². The fourth-order valence-electron chi connectivity index (χ4n) is 3.92. The number of ether oxygens (including phenoxy) is 1. The van der Waals surface area contributed by atoms with E-state index < -0.39 is 0 Å². The van der Waals surface area contributed by atoms with Crippen LogP contribution < -0.4 is 10.1 Å². The molecule has 0 aliphatic carbocycles. The average Bonchev–Trinajstić information content (AvgIpc) is 3.31. The van der Waals surface area contributed by atoms with Crippen LogP contribution in [0.4, 0.5) is 0 Å². The van der Waals surface area contributed by atoms with Crippen molar-refractivity contribution in [1.29, 1.82) is 0 Å². The number of rotatable bonds is 7. The van der Waals surface area contributed by atoms with Crippen LogP contribution in [0.2, 0.25) is 5.02 Å². The van der Waals surface area contributed by atoms with E-state index in [2.05, 4.69) is 32.7 Å². The highest BCUT2D eigenvalue weighted by Crippen LogP contribution is 2.26. The Hall–Kier alpha value is -2.90. The lowest BCUT2D eigenvalue weighted by Gasteiger charge is -2.35. The number of aromatic nitrogens is 3. The summed E-state index contributed by atoms with van der Waals surface area (Å²) in [5, 5.41) is 11.7. The lowest BCUT2D eigenvalue weighted by atomic mass is 10.0. The van der Waals surface area contributed by atoms with Crippen LogP contribution in [-0.4, -0.2) is 52.5 Å². The summed E-state index contributed by atoms with van der Waals surface area (Å²) >= 11 is 6.22. The summed E-state index contributed by atoms with van der Waals surface area (Å²) in [5.74, 6) is 0.565. The number of hydrogen-bond acceptors (Lipinski definition) is 5. The quantitative estimate of drug-likeness (QED) is 0.604. The molecule has 0 radical (unpaired) electrons. The molecule has 1 aromatic heterocycles. The van der Waals surface area contributed by atoms with Crippen LogP contribution in [0.15, 0.2) is 54.7 Å². The van der Waals surface area contributed by atoms with Crippen LogP contribution in [0.25, 0.3) is 5.69 Å². The topological polar surface area (TPSA) is 72.3 Å². The number of carbonyl (C=O) groups excluding carboxylic acids is 1. The molecular formula is C23H26ClN5O2. The van der Waals surface area contributed by atoms with Gasteiger partial charge in [-0.25, -0.2) is 4.68 Å². The second kappa shape index (κ2) is 9.94. The Bertz CT molecular complexity index is 1010. The smallest absolute Gasteiger partial charge is 0.273 e. The van der Waals surface area contributed by atoms with Crippen molar-refractivity contribution in [1.82, 2.24) is 25.2 Å². The number of piperidine rings is 1. The van der Waals surface area contributed by atoms with Crippen molar-refractivity contribution < 1.29 is 9.53 Å². The van der Waals surface area contributed by atoms with E-state index in [1.54, 1.807) is 19.4 Å². The molecule has 1 atom stereocenters. The fourth-order valence-corrected chi connectivity index (χ4v) is 4.14. The summed E-state index contributed by atoms with van der Waals surface area (Å²) in [6.45, 7) is 2.54. The zero-order valence-electron chi connectivity index (χ0n) is 17.5. The van der Waals surface area contributed by atoms with Gasteiger partial charge in [0, 0.05) is 6.54 Å². The Labute approximate surface area is 187 Å². The number of nitrogens with one attached hydrogen (secondary N) is 1. The highest BCUT2D eigenvalue weighted by atomic mass is 35.5. The molecule has 3 aromatic rings. The third-order valence-corrected chi connectivity index (χ3v) is 5.93. The first-order chi connectivity index (χ1) is 15.2. The molecule has 1 amide bonds. The Morgan fingerprint density at radius 1 is 1.13 bits per heavy atom. The van der Waals surface area contributed by atoms with Gasteiger partial charge in [0.2, 0.25) is 0 Å². The van der Waals surface area contributed by atoms with Gasteiger partial charge < -0.3 is 10.1 Å². The molecule has 1 N–H and O–H groups in total. The number of halogens is 1. The monoisotopic (exact) mass is 439 g/mol. The van der Waals surface area contributed by atoms with Crippen molar-refractivity contribution in [3.05, 3.63) is 71.0 Å². The maximum absolute atomic E-state index is 12.8. The van der Waals surface area contributed by atoms with Gasteiger partial charge in [-0.2, -0.15) is 0 Å². The molecule has 1 aliphatic rings. The summed E-state index contributed by atoms with van der Waals surface area (Å²) < 4.78 is 6.80. The second-order valence-corrected chi connectivity index (χ2v) is 8.00. The maximum Gasteiger partial charge on any atom is 0.273 e. The van der Waals surface area contributed by atoms with E-state index in [1.165, 1.54) is 23.9 Å². The Morgan fingerprint density at radius 3 is 2.58 bits per heavy atom. The standard InChI is InChI=1S/C23H26ClN5O2/c1-31-18-11-9-17(10-12-18)22(28-13-5-2-6-14-28)15-25-23(30)20-16-29(27-26-20)21-8-4-3-7-19(21)24/h3-4,7-12,16,22H,2,5-6,13-15H2,1H3,(H,25,30). The number of para-hydroxylation sites is 1. The van der Waals surface area contributed by atoms with E-state index in [4.69, 9.17) is 16.3 Å². The molecule has 0 bridgehead atoms. The number of benzene rings is 2. The normalized spacial score (nSPS) is 15.4. The first-order valence-corrected chi connectivity index (χ1v) is 10.9. The zero-order chi connectivity index (χ0) is 21.6. The highest BCUT2D eigenvalue weighted by molar-refractivity contribution is 6.32. The number of methoxy groups -OCH3 is 1. The summed E-state index contributed by atoms with van der Waals surface area (Å²) in [5.41, 5.74) is 2.09. The van der Waals surface area contributed by atoms with Crippen molar-refractivity contribution in [3.8, 4) is 11.4 Å². The molecule has 7 nitrogen and oxygen atoms in total. The molecule has 0 spiro atoms. The number of carbonyl (C=O) groups is 1. The number of hydrogen-bond donors (Lipinski definition) is 1. The third-order valence-electron chi connectivity index (χ3n) is 5.61. The van der Waals surface area contributed by atoms with E-state index in [1.807, 2.05) is 30.3 Å². The average molecular weight is 440 g/mol. The van der Waals surface area contributed by atoms with E-state index in [0.29, 0.717) is 17.3 Å².